The normalized spacial score (nSPS) is 15.4. The lowest BCUT2D eigenvalue weighted by molar-refractivity contribution is -0.385. The molecule has 1 fully saturated rings. The average molecular weight is 420 g/mol. The summed E-state index contributed by atoms with van der Waals surface area (Å²) >= 11 is 0. The van der Waals surface area contributed by atoms with Gasteiger partial charge in [0.15, 0.2) is 0 Å². The van der Waals surface area contributed by atoms with Crippen molar-refractivity contribution in [3.05, 3.63) is 57.6 Å². The molecule has 0 spiro atoms. The van der Waals surface area contributed by atoms with E-state index >= 15 is 0 Å². The molecule has 1 saturated heterocycles. The van der Waals surface area contributed by atoms with Gasteiger partial charge >= 0.3 is 5.69 Å². The van der Waals surface area contributed by atoms with Crippen LogP contribution in [0.1, 0.15) is 30.9 Å². The van der Waals surface area contributed by atoms with Crippen molar-refractivity contribution >= 4 is 15.7 Å². The molecule has 2 aromatic rings. The maximum Gasteiger partial charge on any atom is 0.312 e. The first-order valence-electron chi connectivity index (χ1n) is 9.35. The zero-order valence-electron chi connectivity index (χ0n) is 16.6. The Balaban J connectivity index is 1.97. The van der Waals surface area contributed by atoms with Crippen LogP contribution < -0.4 is 4.74 Å². The first-order valence-corrected chi connectivity index (χ1v) is 10.8. The Hall–Kier alpha value is -2.49. The molecule has 0 aliphatic carbocycles. The molecule has 1 heterocycles. The summed E-state index contributed by atoms with van der Waals surface area (Å²) in [5.74, 6) is 0.775. The van der Waals surface area contributed by atoms with Crippen molar-refractivity contribution in [2.24, 2.45) is 0 Å². The smallest absolute Gasteiger partial charge is 0.312 e. The van der Waals surface area contributed by atoms with Crippen LogP contribution >= 0.6 is 0 Å². The topological polar surface area (TPSA) is 99.0 Å². The average Bonchev–Trinajstić information content (AvgIpc) is 2.70. The number of hydrogen-bond acceptors (Lipinski definition) is 6. The first kappa shape index (κ1) is 21.2. The first-order chi connectivity index (χ1) is 13.7. The molecule has 0 unspecified atom stereocenters. The van der Waals surface area contributed by atoms with Crippen molar-refractivity contribution in [3.63, 3.8) is 0 Å². The highest BCUT2D eigenvalue weighted by Gasteiger charge is 2.29. The molecule has 9 heteroatoms. The lowest BCUT2D eigenvalue weighted by Crippen LogP contribution is -2.40. The molecule has 29 heavy (non-hydrogen) atoms. The third kappa shape index (κ3) is 4.58. The number of sulfonamides is 1. The fraction of sp³-hybridized carbons (Fsp3) is 0.400. The third-order valence-corrected chi connectivity index (χ3v) is 6.73. The standard InChI is InChI=1S/C20H24N2O6S/c1-14(2)16-5-4-15(3)20(12-16)28-19-7-6-17(13-18(19)22(23)24)29(25,26)21-8-10-27-11-9-21/h4-7,12-14H,8-11H2,1-3H3. The van der Waals surface area contributed by atoms with Gasteiger partial charge in [0, 0.05) is 19.2 Å². The summed E-state index contributed by atoms with van der Waals surface area (Å²) in [6, 6.07) is 9.47. The Kier molecular flexibility index (Phi) is 6.21. The predicted octanol–water partition coefficient (Wildman–Crippen LogP) is 3.84. The van der Waals surface area contributed by atoms with Crippen LogP contribution in [0.3, 0.4) is 0 Å². The number of benzene rings is 2. The molecule has 2 aromatic carbocycles. The summed E-state index contributed by atoms with van der Waals surface area (Å²) in [4.78, 5) is 10.9. The van der Waals surface area contributed by atoms with Crippen LogP contribution in [0.25, 0.3) is 0 Å². The summed E-state index contributed by atoms with van der Waals surface area (Å²) < 4.78 is 37.9. The van der Waals surface area contributed by atoms with Crippen LogP contribution in [0.2, 0.25) is 0 Å². The molecule has 1 aliphatic rings. The molecule has 1 aliphatic heterocycles. The summed E-state index contributed by atoms with van der Waals surface area (Å²) in [6.07, 6.45) is 0. The molecule has 156 valence electrons. The van der Waals surface area contributed by atoms with Crippen LogP contribution in [-0.4, -0.2) is 43.9 Å². The zero-order valence-corrected chi connectivity index (χ0v) is 17.4. The van der Waals surface area contributed by atoms with Gasteiger partial charge in [-0.25, -0.2) is 8.42 Å². The fourth-order valence-electron chi connectivity index (χ4n) is 3.03. The van der Waals surface area contributed by atoms with Crippen molar-refractivity contribution in [1.82, 2.24) is 4.31 Å². The Morgan fingerprint density at radius 1 is 1.10 bits per heavy atom. The van der Waals surface area contributed by atoms with E-state index in [0.29, 0.717) is 19.0 Å². The fourth-order valence-corrected chi connectivity index (χ4v) is 4.46. The predicted molar refractivity (Wildman–Crippen MR) is 108 cm³/mol. The van der Waals surface area contributed by atoms with Crippen molar-refractivity contribution in [2.75, 3.05) is 26.3 Å². The summed E-state index contributed by atoms with van der Waals surface area (Å²) in [5.41, 5.74) is 1.47. The minimum atomic E-state index is -3.84. The van der Waals surface area contributed by atoms with Crippen LogP contribution in [-0.2, 0) is 14.8 Å². The van der Waals surface area contributed by atoms with Crippen LogP contribution in [0.15, 0.2) is 41.3 Å². The van der Waals surface area contributed by atoms with E-state index in [1.165, 1.54) is 16.4 Å². The van der Waals surface area contributed by atoms with Gasteiger partial charge in [-0.05, 0) is 42.2 Å². The number of morpholine rings is 1. The molecular formula is C20H24N2O6S. The van der Waals surface area contributed by atoms with Gasteiger partial charge in [0.2, 0.25) is 15.8 Å². The van der Waals surface area contributed by atoms with E-state index in [4.69, 9.17) is 9.47 Å². The number of nitrogens with zero attached hydrogens (tertiary/aromatic N) is 2. The van der Waals surface area contributed by atoms with Crippen molar-refractivity contribution in [2.45, 2.75) is 31.6 Å². The lowest BCUT2D eigenvalue weighted by atomic mass is 10.0. The number of hydrogen-bond donors (Lipinski definition) is 0. The third-order valence-electron chi connectivity index (χ3n) is 4.83. The highest BCUT2D eigenvalue weighted by Crippen LogP contribution is 2.36. The molecule has 0 aromatic heterocycles. The van der Waals surface area contributed by atoms with Gasteiger partial charge in [-0.3, -0.25) is 10.1 Å². The van der Waals surface area contributed by atoms with Crippen LogP contribution in [0.5, 0.6) is 11.5 Å². The van der Waals surface area contributed by atoms with Gasteiger partial charge in [-0.1, -0.05) is 26.0 Å². The zero-order chi connectivity index (χ0) is 21.2. The number of aryl methyl sites for hydroxylation is 1. The van der Waals surface area contributed by atoms with Crippen LogP contribution in [0, 0.1) is 17.0 Å². The van der Waals surface area contributed by atoms with E-state index in [1.54, 1.807) is 0 Å². The van der Waals surface area contributed by atoms with Crippen molar-refractivity contribution in [1.29, 1.82) is 0 Å². The molecule has 3 rings (SSSR count). The quantitative estimate of drug-likeness (QED) is 0.520. The number of nitro benzene ring substituents is 1. The summed E-state index contributed by atoms with van der Waals surface area (Å²) in [7, 11) is -3.84. The lowest BCUT2D eigenvalue weighted by Gasteiger charge is -2.26. The molecule has 0 saturated carbocycles. The molecule has 0 bridgehead atoms. The second kappa shape index (κ2) is 8.48. The van der Waals surface area contributed by atoms with Crippen molar-refractivity contribution < 1.29 is 22.8 Å². The van der Waals surface area contributed by atoms with E-state index in [2.05, 4.69) is 0 Å². The van der Waals surface area contributed by atoms with Gasteiger partial charge in [-0.2, -0.15) is 4.31 Å². The number of rotatable bonds is 6. The summed E-state index contributed by atoms with van der Waals surface area (Å²) in [5, 5.41) is 11.6. The second-order valence-corrected chi connectivity index (χ2v) is 9.12. The summed E-state index contributed by atoms with van der Waals surface area (Å²) in [6.45, 7) is 6.97. The molecule has 0 amide bonds. The van der Waals surface area contributed by atoms with Gasteiger partial charge in [0.05, 0.1) is 23.0 Å². The van der Waals surface area contributed by atoms with E-state index in [9.17, 15) is 18.5 Å². The van der Waals surface area contributed by atoms with Gasteiger partial charge in [0.1, 0.15) is 5.75 Å². The van der Waals surface area contributed by atoms with E-state index in [-0.39, 0.29) is 29.7 Å². The SMILES string of the molecule is Cc1ccc(C(C)C)cc1Oc1ccc(S(=O)(=O)N2CCOCC2)cc1[N+](=O)[O-]. The maximum atomic E-state index is 12.8. The molecule has 0 atom stereocenters. The highest BCUT2D eigenvalue weighted by atomic mass is 32.2. The van der Waals surface area contributed by atoms with Gasteiger partial charge in [0.25, 0.3) is 0 Å². The Morgan fingerprint density at radius 2 is 1.79 bits per heavy atom. The van der Waals surface area contributed by atoms with Crippen molar-refractivity contribution in [3.8, 4) is 11.5 Å². The second-order valence-electron chi connectivity index (χ2n) is 7.18. The highest BCUT2D eigenvalue weighted by molar-refractivity contribution is 7.89. The molecule has 8 nitrogen and oxygen atoms in total. The minimum absolute atomic E-state index is 0.0000615. The maximum absolute atomic E-state index is 12.8. The van der Waals surface area contributed by atoms with E-state index in [0.717, 1.165) is 17.2 Å². The number of ether oxygens (including phenoxy) is 2. The van der Waals surface area contributed by atoms with Gasteiger partial charge in [-0.15, -0.1) is 0 Å². The van der Waals surface area contributed by atoms with E-state index < -0.39 is 20.6 Å². The molecular weight excluding hydrogens is 396 g/mol. The monoisotopic (exact) mass is 420 g/mol. The number of nitro groups is 1. The van der Waals surface area contributed by atoms with E-state index in [1.807, 2.05) is 39.0 Å². The largest absolute Gasteiger partial charge is 0.450 e. The Morgan fingerprint density at radius 3 is 2.41 bits per heavy atom. The van der Waals surface area contributed by atoms with Crippen LogP contribution in [0.4, 0.5) is 5.69 Å². The molecule has 0 radical (unpaired) electrons. The van der Waals surface area contributed by atoms with Gasteiger partial charge < -0.3 is 9.47 Å². The Labute approximate surface area is 170 Å². The minimum Gasteiger partial charge on any atom is -0.450 e. The molecule has 0 N–H and O–H groups in total. The Bertz CT molecular complexity index is 1010.